The zero-order valence-corrected chi connectivity index (χ0v) is 17.0. The Morgan fingerprint density at radius 1 is 1.14 bits per heavy atom. The number of thioether (sulfide) groups is 1. The first kappa shape index (κ1) is 20.0. The minimum atomic E-state index is -0.0749. The third-order valence-electron chi connectivity index (χ3n) is 4.25. The normalized spacial score (nSPS) is 10.8. The maximum atomic E-state index is 12.5. The number of nitrogens with one attached hydrogen (secondary N) is 1. The Balaban J connectivity index is 1.73. The lowest BCUT2D eigenvalue weighted by atomic mass is 10.1. The number of hydrogen-bond donors (Lipinski definition) is 1. The Morgan fingerprint density at radius 3 is 2.54 bits per heavy atom. The number of pyridine rings is 1. The van der Waals surface area contributed by atoms with E-state index in [-0.39, 0.29) is 11.7 Å². The van der Waals surface area contributed by atoms with Crippen molar-refractivity contribution in [1.29, 1.82) is 0 Å². The number of ether oxygens (including phenoxy) is 1. The second-order valence-electron chi connectivity index (χ2n) is 6.29. The van der Waals surface area contributed by atoms with Crippen molar-refractivity contribution in [2.24, 2.45) is 0 Å². The van der Waals surface area contributed by atoms with Gasteiger partial charge in [-0.2, -0.15) is 0 Å². The van der Waals surface area contributed by atoms with E-state index in [1.807, 2.05) is 48.7 Å². The molecular formula is C20H23N5O2S. The fourth-order valence-electron chi connectivity index (χ4n) is 2.81. The summed E-state index contributed by atoms with van der Waals surface area (Å²) >= 11 is 1.36. The van der Waals surface area contributed by atoms with E-state index in [0.29, 0.717) is 18.3 Å². The molecule has 0 aliphatic heterocycles. The molecule has 0 atom stereocenters. The van der Waals surface area contributed by atoms with Gasteiger partial charge >= 0.3 is 0 Å². The van der Waals surface area contributed by atoms with E-state index >= 15 is 0 Å². The van der Waals surface area contributed by atoms with Crippen LogP contribution < -0.4 is 5.32 Å². The number of carbonyl (C=O) groups excluding carboxylic acids is 1. The lowest BCUT2D eigenvalue weighted by Gasteiger charge is -2.12. The monoisotopic (exact) mass is 397 g/mol. The average molecular weight is 398 g/mol. The van der Waals surface area contributed by atoms with Gasteiger partial charge in [0.05, 0.1) is 18.9 Å². The molecule has 1 N–H and O–H groups in total. The summed E-state index contributed by atoms with van der Waals surface area (Å²) in [5.41, 5.74) is 3.88. The number of carbonyl (C=O) groups is 1. The number of aryl methyl sites for hydroxylation is 2. The summed E-state index contributed by atoms with van der Waals surface area (Å²) in [6.07, 6.45) is 3.44. The third-order valence-corrected chi connectivity index (χ3v) is 5.22. The number of rotatable bonds is 8. The Hall–Kier alpha value is -2.71. The Labute approximate surface area is 168 Å². The first-order valence-corrected chi connectivity index (χ1v) is 9.90. The van der Waals surface area contributed by atoms with Gasteiger partial charge in [0.15, 0.2) is 11.0 Å². The second-order valence-corrected chi connectivity index (χ2v) is 7.23. The van der Waals surface area contributed by atoms with Gasteiger partial charge in [0.25, 0.3) is 0 Å². The number of hydrogen-bond acceptors (Lipinski definition) is 6. The molecule has 0 aliphatic carbocycles. The molecule has 7 nitrogen and oxygen atoms in total. The van der Waals surface area contributed by atoms with Crippen LogP contribution in [0, 0.1) is 13.8 Å². The molecule has 8 heteroatoms. The molecule has 1 amide bonds. The molecule has 0 radical (unpaired) electrons. The molecule has 3 aromatic rings. The number of anilines is 1. The molecule has 3 rings (SSSR count). The zero-order chi connectivity index (χ0) is 19.9. The first-order chi connectivity index (χ1) is 13.6. The largest absolute Gasteiger partial charge is 0.383 e. The highest BCUT2D eigenvalue weighted by Crippen LogP contribution is 2.24. The van der Waals surface area contributed by atoms with E-state index < -0.39 is 0 Å². The van der Waals surface area contributed by atoms with Crippen molar-refractivity contribution in [3.05, 3.63) is 53.9 Å². The van der Waals surface area contributed by atoms with Crippen LogP contribution in [0.15, 0.2) is 47.9 Å². The molecule has 0 saturated heterocycles. The molecular weight excluding hydrogens is 374 g/mol. The van der Waals surface area contributed by atoms with E-state index in [1.165, 1.54) is 11.8 Å². The van der Waals surface area contributed by atoms with Gasteiger partial charge in [0.1, 0.15) is 0 Å². The lowest BCUT2D eigenvalue weighted by molar-refractivity contribution is -0.113. The molecule has 0 unspecified atom stereocenters. The van der Waals surface area contributed by atoms with Crippen LogP contribution in [0.1, 0.15) is 11.1 Å². The molecule has 0 fully saturated rings. The van der Waals surface area contributed by atoms with Crippen molar-refractivity contribution in [2.45, 2.75) is 25.5 Å². The van der Waals surface area contributed by atoms with Gasteiger partial charge in [-0.05, 0) is 37.1 Å². The molecule has 0 bridgehead atoms. The highest BCUT2D eigenvalue weighted by Gasteiger charge is 2.16. The lowest BCUT2D eigenvalue weighted by Crippen LogP contribution is -2.16. The van der Waals surface area contributed by atoms with Crippen molar-refractivity contribution in [3.8, 4) is 11.4 Å². The maximum absolute atomic E-state index is 12.5. The smallest absolute Gasteiger partial charge is 0.234 e. The van der Waals surface area contributed by atoms with Crippen LogP contribution in [0.2, 0.25) is 0 Å². The van der Waals surface area contributed by atoms with Gasteiger partial charge in [-0.1, -0.05) is 30.0 Å². The quantitative estimate of drug-likeness (QED) is 0.587. The minimum absolute atomic E-state index is 0.0749. The predicted octanol–water partition coefficient (Wildman–Crippen LogP) is 3.33. The van der Waals surface area contributed by atoms with Crippen LogP contribution in [-0.2, 0) is 16.1 Å². The van der Waals surface area contributed by atoms with Crippen molar-refractivity contribution in [3.63, 3.8) is 0 Å². The summed E-state index contributed by atoms with van der Waals surface area (Å²) in [6, 6.07) is 9.72. The number of benzene rings is 1. The number of methoxy groups -OCH3 is 1. The molecule has 28 heavy (non-hydrogen) atoms. The second kappa shape index (κ2) is 9.48. The number of aromatic nitrogens is 4. The standard InChI is InChI=1S/C20H23N5O2S/c1-14-5-4-6-15(2)18(14)22-17(26)13-28-20-24-23-19(25(20)11-12-27-3)16-7-9-21-10-8-16/h4-10H,11-13H2,1-3H3,(H,22,26). The van der Waals surface area contributed by atoms with E-state index in [9.17, 15) is 4.79 Å². The molecule has 2 heterocycles. The van der Waals surface area contributed by atoms with Crippen molar-refractivity contribution < 1.29 is 9.53 Å². The fraction of sp³-hybridized carbons (Fsp3) is 0.300. The van der Waals surface area contributed by atoms with Gasteiger partial charge in [0, 0.05) is 30.8 Å². The predicted molar refractivity (Wildman–Crippen MR) is 110 cm³/mol. The summed E-state index contributed by atoms with van der Waals surface area (Å²) in [5, 5.41) is 12.3. The number of amides is 1. The van der Waals surface area contributed by atoms with E-state index in [1.54, 1.807) is 19.5 Å². The van der Waals surface area contributed by atoms with Gasteiger partial charge < -0.3 is 10.1 Å². The van der Waals surface area contributed by atoms with Crippen LogP contribution in [-0.4, -0.2) is 45.1 Å². The summed E-state index contributed by atoms with van der Waals surface area (Å²) in [7, 11) is 1.65. The van der Waals surface area contributed by atoms with Crippen LogP contribution in [0.4, 0.5) is 5.69 Å². The summed E-state index contributed by atoms with van der Waals surface area (Å²) in [6.45, 7) is 5.09. The van der Waals surface area contributed by atoms with Crippen LogP contribution in [0.25, 0.3) is 11.4 Å². The molecule has 146 valence electrons. The highest BCUT2D eigenvalue weighted by molar-refractivity contribution is 7.99. The SMILES string of the molecule is COCCn1c(SCC(=O)Nc2c(C)cccc2C)nnc1-c1ccncc1. The van der Waals surface area contributed by atoms with E-state index in [0.717, 1.165) is 28.2 Å². The van der Waals surface area contributed by atoms with Gasteiger partial charge in [-0.15, -0.1) is 10.2 Å². The molecule has 0 aliphatic rings. The number of para-hydroxylation sites is 1. The summed E-state index contributed by atoms with van der Waals surface area (Å²) in [5.74, 6) is 0.904. The first-order valence-electron chi connectivity index (χ1n) is 8.91. The van der Waals surface area contributed by atoms with Crippen molar-refractivity contribution in [1.82, 2.24) is 19.7 Å². The van der Waals surface area contributed by atoms with Crippen LogP contribution >= 0.6 is 11.8 Å². The zero-order valence-electron chi connectivity index (χ0n) is 16.2. The summed E-state index contributed by atoms with van der Waals surface area (Å²) in [4.78, 5) is 16.5. The topological polar surface area (TPSA) is 81.9 Å². The van der Waals surface area contributed by atoms with Crippen LogP contribution in [0.3, 0.4) is 0 Å². The fourth-order valence-corrected chi connectivity index (χ4v) is 3.58. The summed E-state index contributed by atoms with van der Waals surface area (Å²) < 4.78 is 7.18. The van der Waals surface area contributed by atoms with E-state index in [4.69, 9.17) is 4.74 Å². The van der Waals surface area contributed by atoms with Gasteiger partial charge in [0.2, 0.25) is 5.91 Å². The highest BCUT2D eigenvalue weighted by atomic mass is 32.2. The Morgan fingerprint density at radius 2 is 1.86 bits per heavy atom. The van der Waals surface area contributed by atoms with E-state index in [2.05, 4.69) is 20.5 Å². The minimum Gasteiger partial charge on any atom is -0.383 e. The van der Waals surface area contributed by atoms with Crippen molar-refractivity contribution >= 4 is 23.4 Å². The Kier molecular flexibility index (Phi) is 6.78. The van der Waals surface area contributed by atoms with Crippen molar-refractivity contribution in [2.75, 3.05) is 24.8 Å². The Bertz CT molecular complexity index is 923. The van der Waals surface area contributed by atoms with Crippen LogP contribution in [0.5, 0.6) is 0 Å². The molecule has 0 saturated carbocycles. The van der Waals surface area contributed by atoms with Gasteiger partial charge in [-0.25, -0.2) is 0 Å². The third kappa shape index (κ3) is 4.76. The molecule has 1 aromatic carbocycles. The molecule has 0 spiro atoms. The van der Waals surface area contributed by atoms with Gasteiger partial charge in [-0.3, -0.25) is 14.3 Å². The number of nitrogens with zero attached hydrogens (tertiary/aromatic N) is 4. The molecule has 2 aromatic heterocycles. The maximum Gasteiger partial charge on any atom is 0.234 e. The average Bonchev–Trinajstić information content (AvgIpc) is 3.11.